The van der Waals surface area contributed by atoms with Crippen LogP contribution in [0.3, 0.4) is 0 Å². The number of carbonyl (C=O) groups is 2. The van der Waals surface area contributed by atoms with Gasteiger partial charge in [-0.3, -0.25) is 9.59 Å². The van der Waals surface area contributed by atoms with Crippen molar-refractivity contribution in [2.45, 2.75) is 32.6 Å². The highest BCUT2D eigenvalue weighted by molar-refractivity contribution is 7.10. The van der Waals surface area contributed by atoms with E-state index < -0.39 is 5.97 Å². The molecule has 0 saturated heterocycles. The van der Waals surface area contributed by atoms with Gasteiger partial charge in [-0.1, -0.05) is 19.9 Å². The molecule has 0 aliphatic carbocycles. The van der Waals surface area contributed by atoms with Crippen LogP contribution in [0, 0.1) is 5.92 Å². The number of carbonyl (C=O) groups excluding carboxylic acids is 1. The zero-order chi connectivity index (χ0) is 13.5. The molecule has 0 radical (unpaired) electrons. The molecule has 1 heterocycles. The third-order valence-electron chi connectivity index (χ3n) is 2.51. The highest BCUT2D eigenvalue weighted by Crippen LogP contribution is 2.27. The van der Waals surface area contributed by atoms with Crippen molar-refractivity contribution in [3.05, 3.63) is 22.4 Å². The second kappa shape index (κ2) is 7.16. The maximum absolute atomic E-state index is 11.7. The Morgan fingerprint density at radius 1 is 1.39 bits per heavy atom. The average Bonchev–Trinajstić information content (AvgIpc) is 2.78. The number of nitrogens with one attached hydrogen (secondary N) is 1. The van der Waals surface area contributed by atoms with E-state index in [0.717, 1.165) is 4.88 Å². The third-order valence-corrected chi connectivity index (χ3v) is 3.54. The molecular weight excluding hydrogens is 250 g/mol. The van der Waals surface area contributed by atoms with Crippen LogP contribution in [0.2, 0.25) is 0 Å². The summed E-state index contributed by atoms with van der Waals surface area (Å²) in [6.45, 7) is 4.67. The van der Waals surface area contributed by atoms with Crippen LogP contribution < -0.4 is 5.32 Å². The molecule has 0 fully saturated rings. The van der Waals surface area contributed by atoms with Gasteiger partial charge in [-0.2, -0.15) is 0 Å². The van der Waals surface area contributed by atoms with Gasteiger partial charge >= 0.3 is 5.97 Å². The standard InChI is InChI=1S/C13H19NO3S/c1-9(2)8-14-12(15)6-10(7-13(16)17)11-4-3-5-18-11/h3-5,9-10H,6-8H2,1-2H3,(H,14,15)(H,16,17). The lowest BCUT2D eigenvalue weighted by Crippen LogP contribution is -2.28. The van der Waals surface area contributed by atoms with Gasteiger partial charge in [0.05, 0.1) is 6.42 Å². The van der Waals surface area contributed by atoms with E-state index in [-0.39, 0.29) is 24.7 Å². The Morgan fingerprint density at radius 3 is 2.61 bits per heavy atom. The van der Waals surface area contributed by atoms with E-state index in [2.05, 4.69) is 5.32 Å². The van der Waals surface area contributed by atoms with Crippen molar-refractivity contribution in [3.63, 3.8) is 0 Å². The van der Waals surface area contributed by atoms with Gasteiger partial charge in [0.1, 0.15) is 0 Å². The molecule has 2 N–H and O–H groups in total. The van der Waals surface area contributed by atoms with Gasteiger partial charge in [0.25, 0.3) is 0 Å². The van der Waals surface area contributed by atoms with Crippen LogP contribution in [0.15, 0.2) is 17.5 Å². The number of amides is 1. The molecule has 0 bridgehead atoms. The predicted octanol–water partition coefficient (Wildman–Crippen LogP) is 2.47. The smallest absolute Gasteiger partial charge is 0.304 e. The summed E-state index contributed by atoms with van der Waals surface area (Å²) >= 11 is 1.50. The Labute approximate surface area is 111 Å². The van der Waals surface area contributed by atoms with Crippen molar-refractivity contribution in [3.8, 4) is 0 Å². The molecule has 100 valence electrons. The fourth-order valence-electron chi connectivity index (χ4n) is 1.62. The van der Waals surface area contributed by atoms with Crippen LogP contribution in [0.1, 0.15) is 37.5 Å². The number of hydrogen-bond donors (Lipinski definition) is 2. The number of carboxylic acid groups (broad SMARTS) is 1. The highest BCUT2D eigenvalue weighted by atomic mass is 32.1. The summed E-state index contributed by atoms with van der Waals surface area (Å²) in [5.41, 5.74) is 0. The zero-order valence-corrected chi connectivity index (χ0v) is 11.5. The topological polar surface area (TPSA) is 66.4 Å². The third kappa shape index (κ3) is 5.31. The van der Waals surface area contributed by atoms with Gasteiger partial charge in [-0.15, -0.1) is 11.3 Å². The van der Waals surface area contributed by atoms with Crippen molar-refractivity contribution in [1.82, 2.24) is 5.32 Å². The minimum Gasteiger partial charge on any atom is -0.481 e. The van der Waals surface area contributed by atoms with Gasteiger partial charge in [-0.25, -0.2) is 0 Å². The number of hydrogen-bond acceptors (Lipinski definition) is 3. The zero-order valence-electron chi connectivity index (χ0n) is 10.7. The Morgan fingerprint density at radius 2 is 2.11 bits per heavy atom. The van der Waals surface area contributed by atoms with Gasteiger partial charge in [0.2, 0.25) is 5.91 Å². The monoisotopic (exact) mass is 269 g/mol. The maximum atomic E-state index is 11.7. The number of aliphatic carboxylic acids is 1. The lowest BCUT2D eigenvalue weighted by molar-refractivity contribution is -0.137. The first kappa shape index (κ1) is 14.7. The molecule has 0 aliphatic rings. The molecule has 1 aromatic heterocycles. The second-order valence-electron chi connectivity index (χ2n) is 4.71. The Balaban J connectivity index is 2.56. The quantitative estimate of drug-likeness (QED) is 0.799. The predicted molar refractivity (Wildman–Crippen MR) is 71.8 cm³/mol. The summed E-state index contributed by atoms with van der Waals surface area (Å²) < 4.78 is 0. The van der Waals surface area contributed by atoms with Crippen LogP contribution in [0.4, 0.5) is 0 Å². The molecule has 1 atom stereocenters. The Bertz CT molecular complexity index is 387. The van der Waals surface area contributed by atoms with Crippen molar-refractivity contribution >= 4 is 23.2 Å². The molecule has 0 aromatic carbocycles. The average molecular weight is 269 g/mol. The second-order valence-corrected chi connectivity index (χ2v) is 5.69. The fourth-order valence-corrected chi connectivity index (χ4v) is 2.45. The Kier molecular flexibility index (Phi) is 5.85. The molecule has 18 heavy (non-hydrogen) atoms. The number of carboxylic acids is 1. The summed E-state index contributed by atoms with van der Waals surface area (Å²) in [6, 6.07) is 3.76. The van der Waals surface area contributed by atoms with Gasteiger partial charge in [-0.05, 0) is 17.4 Å². The van der Waals surface area contributed by atoms with E-state index in [4.69, 9.17) is 5.11 Å². The molecule has 0 aliphatic heterocycles. The molecule has 4 nitrogen and oxygen atoms in total. The van der Waals surface area contributed by atoms with Crippen molar-refractivity contribution in [2.24, 2.45) is 5.92 Å². The van der Waals surface area contributed by atoms with E-state index in [1.807, 2.05) is 31.4 Å². The van der Waals surface area contributed by atoms with Crippen molar-refractivity contribution < 1.29 is 14.7 Å². The molecule has 5 heteroatoms. The molecule has 1 amide bonds. The molecule has 0 saturated carbocycles. The van der Waals surface area contributed by atoms with Crippen molar-refractivity contribution in [1.29, 1.82) is 0 Å². The molecule has 1 unspecified atom stereocenters. The van der Waals surface area contributed by atoms with Gasteiger partial charge < -0.3 is 10.4 Å². The van der Waals surface area contributed by atoms with Crippen LogP contribution in [0.5, 0.6) is 0 Å². The first-order valence-electron chi connectivity index (χ1n) is 6.01. The molecule has 1 aromatic rings. The first-order valence-corrected chi connectivity index (χ1v) is 6.89. The van der Waals surface area contributed by atoms with E-state index in [9.17, 15) is 9.59 Å². The van der Waals surface area contributed by atoms with E-state index in [1.54, 1.807) is 0 Å². The first-order chi connectivity index (χ1) is 8.49. The molecule has 1 rings (SSSR count). The molecular formula is C13H19NO3S. The van der Waals surface area contributed by atoms with Gasteiger partial charge in [0.15, 0.2) is 0 Å². The summed E-state index contributed by atoms with van der Waals surface area (Å²) in [6.07, 6.45) is 0.231. The molecule has 0 spiro atoms. The van der Waals surface area contributed by atoms with Crippen LogP contribution in [0.25, 0.3) is 0 Å². The minimum absolute atomic E-state index is 0.00435. The fraction of sp³-hybridized carbons (Fsp3) is 0.538. The van der Waals surface area contributed by atoms with Gasteiger partial charge in [0, 0.05) is 23.8 Å². The number of thiophene rings is 1. The summed E-state index contributed by atoms with van der Waals surface area (Å²) in [5, 5.41) is 13.6. The van der Waals surface area contributed by atoms with E-state index in [1.165, 1.54) is 11.3 Å². The Hall–Kier alpha value is -1.36. The summed E-state index contributed by atoms with van der Waals surface area (Å²) in [4.78, 5) is 23.5. The SMILES string of the molecule is CC(C)CNC(=O)CC(CC(=O)O)c1cccs1. The minimum atomic E-state index is -0.870. The van der Waals surface area contributed by atoms with Crippen molar-refractivity contribution in [2.75, 3.05) is 6.54 Å². The normalized spacial score (nSPS) is 12.4. The van der Waals surface area contributed by atoms with Crippen LogP contribution in [-0.2, 0) is 9.59 Å². The highest BCUT2D eigenvalue weighted by Gasteiger charge is 2.20. The summed E-state index contributed by atoms with van der Waals surface area (Å²) in [7, 11) is 0. The van der Waals surface area contributed by atoms with E-state index in [0.29, 0.717) is 12.5 Å². The largest absolute Gasteiger partial charge is 0.481 e. The number of rotatable bonds is 7. The lowest BCUT2D eigenvalue weighted by Gasteiger charge is -2.14. The lowest BCUT2D eigenvalue weighted by atomic mass is 9.99. The van der Waals surface area contributed by atoms with Crippen LogP contribution in [-0.4, -0.2) is 23.5 Å². The van der Waals surface area contributed by atoms with E-state index >= 15 is 0 Å². The van der Waals surface area contributed by atoms with Crippen LogP contribution >= 0.6 is 11.3 Å². The summed E-state index contributed by atoms with van der Waals surface area (Å²) in [5.74, 6) is -0.781. The maximum Gasteiger partial charge on any atom is 0.304 e.